The summed E-state index contributed by atoms with van der Waals surface area (Å²) in [6.45, 7) is 4.29. The molecule has 3 heterocycles. The number of carbonyl (C=O) groups excluding carboxylic acids is 2. The van der Waals surface area contributed by atoms with E-state index in [1.807, 2.05) is 0 Å². The van der Waals surface area contributed by atoms with E-state index in [4.69, 9.17) is 18.6 Å². The van der Waals surface area contributed by atoms with Gasteiger partial charge in [-0.05, 0) is 18.6 Å². The maximum absolute atomic E-state index is 15.0. The van der Waals surface area contributed by atoms with Crippen LogP contribution in [0.5, 0.6) is 11.5 Å². The first-order valence-electron chi connectivity index (χ1n) is 11.3. The molecular weight excluding hydrogens is 490 g/mol. The number of ketones is 1. The molecule has 37 heavy (non-hydrogen) atoms. The summed E-state index contributed by atoms with van der Waals surface area (Å²) in [4.78, 5) is 29.5. The summed E-state index contributed by atoms with van der Waals surface area (Å²) in [5, 5.41) is 9.42. The molecule has 0 aliphatic carbocycles. The third-order valence-corrected chi connectivity index (χ3v) is 6.04. The van der Waals surface area contributed by atoms with Crippen molar-refractivity contribution in [2.75, 3.05) is 45.1 Å². The van der Waals surface area contributed by atoms with E-state index >= 15 is 0 Å². The predicted octanol–water partition coefficient (Wildman–Crippen LogP) is 3.27. The summed E-state index contributed by atoms with van der Waals surface area (Å²) in [5.74, 6) is -4.33. The number of amides is 1. The van der Waals surface area contributed by atoms with Crippen molar-refractivity contribution in [1.29, 1.82) is 0 Å². The van der Waals surface area contributed by atoms with Gasteiger partial charge in [0.1, 0.15) is 11.4 Å². The molecule has 1 aromatic carbocycles. The monoisotopic (exact) mass is 516 g/mol. The molecule has 1 aliphatic heterocycles. The fourth-order valence-corrected chi connectivity index (χ4v) is 4.17. The number of benzene rings is 1. The molecule has 1 amide bonds. The molecule has 0 spiro atoms. The van der Waals surface area contributed by atoms with Gasteiger partial charge < -0.3 is 34.6 Å². The minimum Gasteiger partial charge on any atom is -0.494 e. The fraction of sp³-hybridized carbons (Fsp3) is 0.320. The van der Waals surface area contributed by atoms with Gasteiger partial charge in [0.2, 0.25) is 11.7 Å². The van der Waals surface area contributed by atoms with Gasteiger partial charge in [0.05, 0.1) is 44.8 Å². The number of furan rings is 1. The number of nitrogens with zero attached hydrogens (tertiary/aromatic N) is 1. The van der Waals surface area contributed by atoms with Crippen LogP contribution in [0.4, 0.5) is 20.3 Å². The number of nitrogens with one attached hydrogen (secondary N) is 3. The Balaban J connectivity index is 1.71. The van der Waals surface area contributed by atoms with Crippen LogP contribution in [0.25, 0.3) is 11.0 Å². The number of methoxy groups -OCH3 is 2. The molecule has 3 N–H and O–H groups in total. The van der Waals surface area contributed by atoms with E-state index in [1.165, 1.54) is 26.5 Å². The molecule has 1 aliphatic rings. The second-order valence-corrected chi connectivity index (χ2v) is 8.17. The molecule has 1 fully saturated rings. The summed E-state index contributed by atoms with van der Waals surface area (Å²) in [5.41, 5.74) is -0.453. The van der Waals surface area contributed by atoms with Crippen LogP contribution >= 0.6 is 0 Å². The van der Waals surface area contributed by atoms with Crippen molar-refractivity contribution in [3.05, 3.63) is 53.9 Å². The van der Waals surface area contributed by atoms with E-state index in [9.17, 15) is 18.4 Å². The lowest BCUT2D eigenvalue weighted by atomic mass is 10.0. The Morgan fingerprint density at radius 2 is 1.86 bits per heavy atom. The Morgan fingerprint density at radius 3 is 2.49 bits per heavy atom. The molecule has 0 unspecified atom stereocenters. The molecule has 0 radical (unpaired) electrons. The van der Waals surface area contributed by atoms with Gasteiger partial charge in [-0.2, -0.15) is 0 Å². The number of pyridine rings is 1. The summed E-state index contributed by atoms with van der Waals surface area (Å²) in [6.07, 6.45) is 3.17. The lowest BCUT2D eigenvalue weighted by molar-refractivity contribution is -0.117. The van der Waals surface area contributed by atoms with E-state index in [0.29, 0.717) is 30.8 Å². The van der Waals surface area contributed by atoms with E-state index in [0.717, 1.165) is 6.07 Å². The lowest BCUT2D eigenvalue weighted by Crippen LogP contribution is -2.52. The van der Waals surface area contributed by atoms with Gasteiger partial charge in [-0.1, -0.05) is 6.58 Å². The first kappa shape index (κ1) is 25.9. The van der Waals surface area contributed by atoms with Crippen LogP contribution < -0.4 is 25.4 Å². The van der Waals surface area contributed by atoms with Crippen molar-refractivity contribution in [3.63, 3.8) is 0 Å². The van der Waals surface area contributed by atoms with Crippen LogP contribution in [0.1, 0.15) is 22.5 Å². The van der Waals surface area contributed by atoms with Crippen molar-refractivity contribution in [2.45, 2.75) is 18.5 Å². The van der Waals surface area contributed by atoms with Crippen molar-refractivity contribution in [3.8, 4) is 11.5 Å². The normalized spacial score (nSPS) is 17.2. The first-order chi connectivity index (χ1) is 17.8. The smallest absolute Gasteiger partial charge is 0.243 e. The Bertz CT molecular complexity index is 1330. The van der Waals surface area contributed by atoms with Crippen LogP contribution in [-0.2, 0) is 9.53 Å². The maximum atomic E-state index is 15.0. The van der Waals surface area contributed by atoms with Crippen molar-refractivity contribution in [1.82, 2.24) is 10.3 Å². The second-order valence-electron chi connectivity index (χ2n) is 8.17. The fourth-order valence-electron chi connectivity index (χ4n) is 4.17. The SMILES string of the molecule is C=CC(=O)N[C@H]1CCOC[C@H]1Nc1cc2c(NC)c(C(=O)c3c(F)c(OC)cc(OC)c3F)oc2cn1. The first-order valence-corrected chi connectivity index (χ1v) is 11.3. The number of carbonyl (C=O) groups is 2. The number of ether oxygens (including phenoxy) is 3. The number of hydrogen-bond acceptors (Lipinski definition) is 9. The highest BCUT2D eigenvalue weighted by molar-refractivity contribution is 6.15. The molecule has 0 bridgehead atoms. The van der Waals surface area contributed by atoms with E-state index in [1.54, 1.807) is 13.1 Å². The van der Waals surface area contributed by atoms with Crippen LogP contribution in [0.2, 0.25) is 0 Å². The van der Waals surface area contributed by atoms with E-state index in [2.05, 4.69) is 27.5 Å². The second kappa shape index (κ2) is 10.8. The van der Waals surface area contributed by atoms with Gasteiger partial charge in [0.15, 0.2) is 34.5 Å². The third-order valence-electron chi connectivity index (χ3n) is 6.04. The van der Waals surface area contributed by atoms with Crippen LogP contribution in [0.3, 0.4) is 0 Å². The topological polar surface area (TPSA) is 124 Å². The molecule has 2 atom stereocenters. The molecule has 4 rings (SSSR count). The summed E-state index contributed by atoms with van der Waals surface area (Å²) < 4.78 is 51.1. The zero-order valence-corrected chi connectivity index (χ0v) is 20.4. The number of hydrogen-bond donors (Lipinski definition) is 3. The number of halogens is 2. The summed E-state index contributed by atoms with van der Waals surface area (Å²) in [6, 6.07) is 2.12. The standard InChI is InChI=1S/C25H26F2N4O6/c1-5-19(32)31-13-6-7-36-11-14(13)30-18-8-12-17(10-29-18)37-25(23(12)28-2)24(33)20-21(26)15(34-3)9-16(35-4)22(20)27/h5,8-10,13-14,28H,1,6-7,11H2,2-4H3,(H,29,30)(H,31,32)/t13-,14+/m0/s1. The molecular formula is C25H26F2N4O6. The molecule has 0 saturated carbocycles. The number of fused-ring (bicyclic) bond motifs is 1. The number of rotatable bonds is 9. The molecule has 10 nitrogen and oxygen atoms in total. The average molecular weight is 517 g/mol. The zero-order chi connectivity index (χ0) is 26.7. The van der Waals surface area contributed by atoms with Crippen LogP contribution in [0, 0.1) is 11.6 Å². The zero-order valence-electron chi connectivity index (χ0n) is 20.4. The quantitative estimate of drug-likeness (QED) is 0.290. The predicted molar refractivity (Wildman–Crippen MR) is 131 cm³/mol. The van der Waals surface area contributed by atoms with Crippen molar-refractivity contribution < 1.29 is 37.0 Å². The Morgan fingerprint density at radius 1 is 1.16 bits per heavy atom. The third kappa shape index (κ3) is 4.92. The highest BCUT2D eigenvalue weighted by atomic mass is 19.1. The molecule has 196 valence electrons. The van der Waals surface area contributed by atoms with Gasteiger partial charge in [-0.25, -0.2) is 13.8 Å². The average Bonchev–Trinajstić information content (AvgIpc) is 3.27. The van der Waals surface area contributed by atoms with Gasteiger partial charge in [-0.15, -0.1) is 0 Å². The van der Waals surface area contributed by atoms with E-state index in [-0.39, 0.29) is 46.5 Å². The number of anilines is 2. The van der Waals surface area contributed by atoms with Gasteiger partial charge in [0, 0.05) is 25.1 Å². The highest BCUT2D eigenvalue weighted by Crippen LogP contribution is 2.37. The highest BCUT2D eigenvalue weighted by Gasteiger charge is 2.32. The lowest BCUT2D eigenvalue weighted by Gasteiger charge is -2.32. The summed E-state index contributed by atoms with van der Waals surface area (Å²) >= 11 is 0. The molecule has 12 heteroatoms. The molecule has 2 aromatic heterocycles. The Hall–Kier alpha value is -4.19. The Kier molecular flexibility index (Phi) is 7.58. The van der Waals surface area contributed by atoms with Gasteiger partial charge in [-0.3, -0.25) is 9.59 Å². The van der Waals surface area contributed by atoms with Crippen molar-refractivity contribution >= 4 is 34.2 Å². The largest absolute Gasteiger partial charge is 0.494 e. The Labute approximate surface area is 211 Å². The van der Waals surface area contributed by atoms with Crippen molar-refractivity contribution in [2.24, 2.45) is 0 Å². The molecule has 3 aromatic rings. The summed E-state index contributed by atoms with van der Waals surface area (Å²) in [7, 11) is 3.92. The minimum atomic E-state index is -1.18. The van der Waals surface area contributed by atoms with Crippen LogP contribution in [-0.4, -0.2) is 63.2 Å². The number of aromatic nitrogens is 1. The minimum absolute atomic E-state index is 0.211. The van der Waals surface area contributed by atoms with Gasteiger partial charge >= 0.3 is 0 Å². The molecule has 1 saturated heterocycles. The van der Waals surface area contributed by atoms with Crippen LogP contribution in [0.15, 0.2) is 35.4 Å². The van der Waals surface area contributed by atoms with E-state index < -0.39 is 23.0 Å². The van der Waals surface area contributed by atoms with Gasteiger partial charge in [0.25, 0.3) is 0 Å². The maximum Gasteiger partial charge on any atom is 0.243 e.